The molecule has 26 heavy (non-hydrogen) atoms. The highest BCUT2D eigenvalue weighted by molar-refractivity contribution is 5.78. The molecule has 1 aromatic heterocycles. The molecule has 3 aromatic rings. The molecule has 0 aliphatic heterocycles. The van der Waals surface area contributed by atoms with Crippen LogP contribution in [-0.2, 0) is 22.6 Å². The molecule has 2 aromatic carbocycles. The number of aliphatic carboxylic acids is 1. The quantitative estimate of drug-likeness (QED) is 0.668. The van der Waals surface area contributed by atoms with Crippen molar-refractivity contribution in [1.82, 2.24) is 4.98 Å². The Labute approximate surface area is 152 Å². The van der Waals surface area contributed by atoms with E-state index in [1.165, 1.54) is 0 Å². The van der Waals surface area contributed by atoms with Crippen LogP contribution in [0.1, 0.15) is 18.1 Å². The van der Waals surface area contributed by atoms with Crippen LogP contribution >= 0.6 is 0 Å². The number of rotatable bonds is 8. The fourth-order valence-corrected chi connectivity index (χ4v) is 2.74. The van der Waals surface area contributed by atoms with Crippen molar-refractivity contribution >= 4 is 16.9 Å². The molecule has 0 bridgehead atoms. The molecule has 134 valence electrons. The molecule has 1 unspecified atom stereocenters. The molecule has 0 radical (unpaired) electrons. The Bertz CT molecular complexity index is 877. The van der Waals surface area contributed by atoms with Crippen molar-refractivity contribution in [3.8, 4) is 5.75 Å². The summed E-state index contributed by atoms with van der Waals surface area (Å²) in [6, 6.07) is 17.4. The molecule has 0 aliphatic carbocycles. The second kappa shape index (κ2) is 8.45. The molecule has 0 saturated carbocycles. The molecule has 1 N–H and O–H groups in total. The maximum atomic E-state index is 11.2. The minimum atomic E-state index is -0.946. The van der Waals surface area contributed by atoms with Gasteiger partial charge in [-0.15, -0.1) is 0 Å². The Balaban J connectivity index is 1.60. The maximum absolute atomic E-state index is 11.2. The molecule has 0 amide bonds. The first kappa shape index (κ1) is 17.9. The van der Waals surface area contributed by atoms with Crippen LogP contribution < -0.4 is 4.74 Å². The number of pyridine rings is 1. The summed E-state index contributed by atoms with van der Waals surface area (Å²) in [4.78, 5) is 15.5. The first-order chi connectivity index (χ1) is 12.7. The number of hydrogen-bond donors (Lipinski definition) is 1. The zero-order chi connectivity index (χ0) is 18.4. The van der Waals surface area contributed by atoms with Crippen LogP contribution in [0.4, 0.5) is 0 Å². The van der Waals surface area contributed by atoms with E-state index in [0.29, 0.717) is 19.6 Å². The largest absolute Gasteiger partial charge is 0.489 e. The van der Waals surface area contributed by atoms with Gasteiger partial charge in [0.05, 0.1) is 5.52 Å². The lowest BCUT2D eigenvalue weighted by molar-refractivity contribution is -0.149. The number of benzene rings is 2. The summed E-state index contributed by atoms with van der Waals surface area (Å²) in [5, 5.41) is 10.2. The molecule has 0 spiro atoms. The number of ether oxygens (including phenoxy) is 2. The van der Waals surface area contributed by atoms with Gasteiger partial charge in [-0.05, 0) is 48.4 Å². The number of carbonyl (C=O) groups is 1. The van der Waals surface area contributed by atoms with E-state index in [1.54, 1.807) is 13.1 Å². The van der Waals surface area contributed by atoms with Crippen molar-refractivity contribution in [2.75, 3.05) is 6.61 Å². The van der Waals surface area contributed by atoms with Gasteiger partial charge in [-0.1, -0.05) is 24.3 Å². The van der Waals surface area contributed by atoms with E-state index in [0.717, 1.165) is 27.8 Å². The van der Waals surface area contributed by atoms with Crippen LogP contribution in [-0.4, -0.2) is 28.8 Å². The Hall–Kier alpha value is -2.92. The van der Waals surface area contributed by atoms with E-state index < -0.39 is 12.1 Å². The Morgan fingerprint density at radius 1 is 1.12 bits per heavy atom. The smallest absolute Gasteiger partial charge is 0.333 e. The second-order valence-electron chi connectivity index (χ2n) is 5.95. The minimum Gasteiger partial charge on any atom is -0.489 e. The van der Waals surface area contributed by atoms with Crippen molar-refractivity contribution < 1.29 is 19.4 Å². The number of carboxylic acid groups (broad SMARTS) is 1. The summed E-state index contributed by atoms with van der Waals surface area (Å²) >= 11 is 0. The maximum Gasteiger partial charge on any atom is 0.333 e. The predicted molar refractivity (Wildman–Crippen MR) is 99.3 cm³/mol. The highest BCUT2D eigenvalue weighted by Gasteiger charge is 2.17. The molecule has 0 aliphatic rings. The van der Waals surface area contributed by atoms with Crippen LogP contribution in [0.3, 0.4) is 0 Å². The first-order valence-electron chi connectivity index (χ1n) is 8.55. The lowest BCUT2D eigenvalue weighted by Crippen LogP contribution is -2.26. The first-order valence-corrected chi connectivity index (χ1v) is 8.55. The molecule has 1 heterocycles. The van der Waals surface area contributed by atoms with E-state index in [9.17, 15) is 4.79 Å². The topological polar surface area (TPSA) is 68.7 Å². The standard InChI is InChI=1S/C21H21NO4/c1-2-25-20(21(23)24)13-15-5-8-18(9-6-15)26-14-16-7-10-19-17(12-16)4-3-11-22-19/h3-12,20H,2,13-14H2,1H3,(H,23,24). The Kier molecular flexibility index (Phi) is 5.81. The summed E-state index contributed by atoms with van der Waals surface area (Å²) in [6.45, 7) is 2.62. The third-order valence-corrected chi connectivity index (χ3v) is 4.06. The third kappa shape index (κ3) is 4.58. The summed E-state index contributed by atoms with van der Waals surface area (Å²) < 4.78 is 11.1. The number of carboxylic acids is 1. The summed E-state index contributed by atoms with van der Waals surface area (Å²) in [6.07, 6.45) is 1.29. The monoisotopic (exact) mass is 351 g/mol. The molecule has 0 saturated heterocycles. The normalized spacial score (nSPS) is 12.0. The molecule has 5 heteroatoms. The van der Waals surface area contributed by atoms with E-state index in [1.807, 2.05) is 48.5 Å². The number of aromatic nitrogens is 1. The van der Waals surface area contributed by atoms with Gasteiger partial charge < -0.3 is 14.6 Å². The lowest BCUT2D eigenvalue weighted by atomic mass is 10.1. The van der Waals surface area contributed by atoms with Crippen molar-refractivity contribution in [2.24, 2.45) is 0 Å². The van der Waals surface area contributed by atoms with E-state index >= 15 is 0 Å². The lowest BCUT2D eigenvalue weighted by Gasteiger charge is -2.13. The Morgan fingerprint density at radius 2 is 1.88 bits per heavy atom. The predicted octanol–water partition coefficient (Wildman–Crippen LogP) is 3.85. The van der Waals surface area contributed by atoms with Gasteiger partial charge in [-0.3, -0.25) is 4.98 Å². The van der Waals surface area contributed by atoms with Crippen LogP contribution in [0, 0.1) is 0 Å². The third-order valence-electron chi connectivity index (χ3n) is 4.06. The van der Waals surface area contributed by atoms with Gasteiger partial charge >= 0.3 is 5.97 Å². The highest BCUT2D eigenvalue weighted by Crippen LogP contribution is 2.18. The van der Waals surface area contributed by atoms with Gasteiger partial charge in [0.2, 0.25) is 0 Å². The zero-order valence-corrected chi connectivity index (χ0v) is 14.6. The molecular weight excluding hydrogens is 330 g/mol. The molecular formula is C21H21NO4. The fraction of sp³-hybridized carbons (Fsp3) is 0.238. The number of hydrogen-bond acceptors (Lipinski definition) is 4. The van der Waals surface area contributed by atoms with Crippen LogP contribution in [0.15, 0.2) is 60.8 Å². The van der Waals surface area contributed by atoms with Crippen molar-refractivity contribution in [1.29, 1.82) is 0 Å². The second-order valence-corrected chi connectivity index (χ2v) is 5.95. The van der Waals surface area contributed by atoms with E-state index in [-0.39, 0.29) is 0 Å². The van der Waals surface area contributed by atoms with Gasteiger partial charge in [0.15, 0.2) is 6.10 Å². The van der Waals surface area contributed by atoms with Crippen LogP contribution in [0.25, 0.3) is 10.9 Å². The van der Waals surface area contributed by atoms with Gasteiger partial charge in [0.25, 0.3) is 0 Å². The number of nitrogens with zero attached hydrogens (tertiary/aromatic N) is 1. The van der Waals surface area contributed by atoms with Crippen molar-refractivity contribution in [3.05, 3.63) is 71.9 Å². The number of fused-ring (bicyclic) bond motifs is 1. The molecule has 5 nitrogen and oxygen atoms in total. The molecule has 1 atom stereocenters. The highest BCUT2D eigenvalue weighted by atomic mass is 16.5. The summed E-state index contributed by atoms with van der Waals surface area (Å²) in [5.74, 6) is -0.207. The van der Waals surface area contributed by atoms with Gasteiger partial charge in [-0.2, -0.15) is 0 Å². The van der Waals surface area contributed by atoms with Gasteiger partial charge in [0.1, 0.15) is 12.4 Å². The van der Waals surface area contributed by atoms with Crippen molar-refractivity contribution in [2.45, 2.75) is 26.1 Å². The van der Waals surface area contributed by atoms with Crippen LogP contribution in [0.5, 0.6) is 5.75 Å². The van der Waals surface area contributed by atoms with Gasteiger partial charge in [0, 0.05) is 24.6 Å². The summed E-state index contributed by atoms with van der Waals surface area (Å²) in [5.41, 5.74) is 2.93. The van der Waals surface area contributed by atoms with Gasteiger partial charge in [-0.25, -0.2) is 4.79 Å². The molecule has 3 rings (SSSR count). The van der Waals surface area contributed by atoms with E-state index in [2.05, 4.69) is 11.1 Å². The van der Waals surface area contributed by atoms with E-state index in [4.69, 9.17) is 14.6 Å². The SMILES string of the molecule is CCOC(Cc1ccc(OCc2ccc3ncccc3c2)cc1)C(=O)O. The van der Waals surface area contributed by atoms with Crippen LogP contribution in [0.2, 0.25) is 0 Å². The van der Waals surface area contributed by atoms with Crippen molar-refractivity contribution in [3.63, 3.8) is 0 Å². The minimum absolute atomic E-state index is 0.334. The summed E-state index contributed by atoms with van der Waals surface area (Å²) in [7, 11) is 0. The Morgan fingerprint density at radius 3 is 2.62 bits per heavy atom. The average molecular weight is 351 g/mol. The molecule has 0 fully saturated rings. The fourth-order valence-electron chi connectivity index (χ4n) is 2.74. The zero-order valence-electron chi connectivity index (χ0n) is 14.6. The average Bonchev–Trinajstić information content (AvgIpc) is 2.67.